The molecule has 3 heteroatoms. The number of benzene rings is 1. The Morgan fingerprint density at radius 1 is 1.53 bits per heavy atom. The minimum Gasteiger partial charge on any atom is -0.382 e. The summed E-state index contributed by atoms with van der Waals surface area (Å²) >= 11 is 0. The molecule has 0 aliphatic carbocycles. The predicted molar refractivity (Wildman–Crippen MR) is 69.9 cm³/mol. The molecule has 0 amide bonds. The second kappa shape index (κ2) is 5.50. The molecule has 17 heavy (non-hydrogen) atoms. The van der Waals surface area contributed by atoms with Crippen LogP contribution in [-0.2, 0) is 0 Å². The van der Waals surface area contributed by atoms with Gasteiger partial charge in [-0.05, 0) is 57.4 Å². The van der Waals surface area contributed by atoms with E-state index in [0.717, 1.165) is 18.7 Å². The molecule has 1 aliphatic rings. The molecular formula is C14H21FN2. The Kier molecular flexibility index (Phi) is 4.00. The van der Waals surface area contributed by atoms with E-state index in [1.54, 1.807) is 13.0 Å². The summed E-state index contributed by atoms with van der Waals surface area (Å²) in [6, 6.07) is 6.32. The van der Waals surface area contributed by atoms with Crippen molar-refractivity contribution in [3.63, 3.8) is 0 Å². The first-order valence-electron chi connectivity index (χ1n) is 6.41. The van der Waals surface area contributed by atoms with Crippen LogP contribution in [0.2, 0.25) is 0 Å². The minimum atomic E-state index is -0.138. The molecule has 0 saturated carbocycles. The van der Waals surface area contributed by atoms with Gasteiger partial charge in [-0.25, -0.2) is 4.39 Å². The van der Waals surface area contributed by atoms with E-state index >= 15 is 0 Å². The van der Waals surface area contributed by atoms with E-state index in [2.05, 4.69) is 17.6 Å². The lowest BCUT2D eigenvalue weighted by Gasteiger charge is -2.19. The fourth-order valence-corrected chi connectivity index (χ4v) is 2.41. The van der Waals surface area contributed by atoms with Crippen molar-refractivity contribution >= 4 is 5.69 Å². The average Bonchev–Trinajstić information content (AvgIpc) is 2.76. The summed E-state index contributed by atoms with van der Waals surface area (Å²) in [4.78, 5) is 0. The fraction of sp³-hybridized carbons (Fsp3) is 0.571. The number of hydrogen-bond donors (Lipinski definition) is 2. The number of nitrogens with one attached hydrogen (secondary N) is 2. The zero-order chi connectivity index (χ0) is 12.3. The summed E-state index contributed by atoms with van der Waals surface area (Å²) in [5.74, 6) is -0.138. The smallest absolute Gasteiger partial charge is 0.128 e. The van der Waals surface area contributed by atoms with E-state index in [-0.39, 0.29) is 5.82 Å². The van der Waals surface area contributed by atoms with Crippen LogP contribution >= 0.6 is 0 Å². The van der Waals surface area contributed by atoms with Gasteiger partial charge < -0.3 is 10.6 Å². The first-order valence-corrected chi connectivity index (χ1v) is 6.41. The lowest BCUT2D eigenvalue weighted by molar-refractivity contribution is 0.523. The number of halogens is 1. The number of hydrogen-bond acceptors (Lipinski definition) is 2. The number of anilines is 1. The van der Waals surface area contributed by atoms with Gasteiger partial charge in [0, 0.05) is 17.8 Å². The molecule has 1 heterocycles. The Morgan fingerprint density at radius 2 is 2.35 bits per heavy atom. The van der Waals surface area contributed by atoms with Crippen molar-refractivity contribution in [1.82, 2.24) is 5.32 Å². The highest BCUT2D eigenvalue weighted by Gasteiger charge is 2.16. The largest absolute Gasteiger partial charge is 0.382 e. The van der Waals surface area contributed by atoms with Crippen molar-refractivity contribution in [2.75, 3.05) is 11.9 Å². The summed E-state index contributed by atoms with van der Waals surface area (Å²) in [5, 5.41) is 6.84. The van der Waals surface area contributed by atoms with Crippen molar-refractivity contribution in [3.05, 3.63) is 29.6 Å². The standard InChI is InChI=1S/C14H21FN2/c1-10-5-6-13(9-14(10)15)17-11(2)8-12-4-3-7-16-12/h5-6,9,11-12,16-17H,3-4,7-8H2,1-2H3. The molecule has 1 aliphatic heterocycles. The molecule has 94 valence electrons. The summed E-state index contributed by atoms with van der Waals surface area (Å²) < 4.78 is 13.4. The van der Waals surface area contributed by atoms with Gasteiger partial charge in [0.25, 0.3) is 0 Å². The normalized spacial score (nSPS) is 21.5. The van der Waals surface area contributed by atoms with Crippen LogP contribution in [0.1, 0.15) is 31.7 Å². The van der Waals surface area contributed by atoms with E-state index < -0.39 is 0 Å². The van der Waals surface area contributed by atoms with Gasteiger partial charge in [-0.1, -0.05) is 6.07 Å². The molecular weight excluding hydrogens is 215 g/mol. The van der Waals surface area contributed by atoms with Crippen LogP contribution in [0.3, 0.4) is 0 Å². The molecule has 2 rings (SSSR count). The first kappa shape index (κ1) is 12.4. The van der Waals surface area contributed by atoms with Gasteiger partial charge in [0.05, 0.1) is 0 Å². The molecule has 0 radical (unpaired) electrons. The molecule has 1 fully saturated rings. The summed E-state index contributed by atoms with van der Waals surface area (Å²) in [6.45, 7) is 5.07. The molecule has 2 unspecified atom stereocenters. The molecule has 2 atom stereocenters. The van der Waals surface area contributed by atoms with Gasteiger partial charge in [-0.3, -0.25) is 0 Å². The van der Waals surface area contributed by atoms with Crippen LogP contribution in [0.5, 0.6) is 0 Å². The Hall–Kier alpha value is -1.09. The van der Waals surface area contributed by atoms with E-state index in [1.807, 2.05) is 12.1 Å². The zero-order valence-electron chi connectivity index (χ0n) is 10.6. The maximum absolute atomic E-state index is 13.4. The first-order chi connectivity index (χ1) is 8.15. The third-order valence-corrected chi connectivity index (χ3v) is 3.39. The SMILES string of the molecule is Cc1ccc(NC(C)CC2CCCN2)cc1F. The van der Waals surface area contributed by atoms with Gasteiger partial charge in [-0.2, -0.15) is 0 Å². The maximum Gasteiger partial charge on any atom is 0.128 e. The minimum absolute atomic E-state index is 0.138. The Bertz CT molecular complexity index is 372. The summed E-state index contributed by atoms with van der Waals surface area (Å²) in [6.07, 6.45) is 3.63. The van der Waals surface area contributed by atoms with E-state index in [4.69, 9.17) is 0 Å². The lowest BCUT2D eigenvalue weighted by Crippen LogP contribution is -2.29. The Labute approximate surface area is 103 Å². The number of rotatable bonds is 4. The van der Waals surface area contributed by atoms with Crippen molar-refractivity contribution in [1.29, 1.82) is 0 Å². The molecule has 2 N–H and O–H groups in total. The van der Waals surface area contributed by atoms with Crippen LogP contribution in [0.4, 0.5) is 10.1 Å². The van der Waals surface area contributed by atoms with Gasteiger partial charge >= 0.3 is 0 Å². The van der Waals surface area contributed by atoms with Crippen LogP contribution < -0.4 is 10.6 Å². The molecule has 1 aromatic carbocycles. The molecule has 1 saturated heterocycles. The topological polar surface area (TPSA) is 24.1 Å². The predicted octanol–water partition coefficient (Wildman–Crippen LogP) is 3.08. The lowest BCUT2D eigenvalue weighted by atomic mass is 10.1. The van der Waals surface area contributed by atoms with Crippen LogP contribution in [0, 0.1) is 12.7 Å². The molecule has 2 nitrogen and oxygen atoms in total. The quantitative estimate of drug-likeness (QED) is 0.839. The van der Waals surface area contributed by atoms with Crippen molar-refractivity contribution in [3.8, 4) is 0 Å². The van der Waals surface area contributed by atoms with E-state index in [0.29, 0.717) is 17.6 Å². The van der Waals surface area contributed by atoms with Gasteiger partial charge in [0.1, 0.15) is 5.82 Å². The van der Waals surface area contributed by atoms with Gasteiger partial charge in [0.2, 0.25) is 0 Å². The average molecular weight is 236 g/mol. The summed E-state index contributed by atoms with van der Waals surface area (Å²) in [7, 11) is 0. The Morgan fingerprint density at radius 3 is 3.00 bits per heavy atom. The zero-order valence-corrected chi connectivity index (χ0v) is 10.6. The molecule has 0 spiro atoms. The molecule has 0 aromatic heterocycles. The van der Waals surface area contributed by atoms with Crippen molar-refractivity contribution in [2.45, 2.75) is 45.2 Å². The maximum atomic E-state index is 13.4. The van der Waals surface area contributed by atoms with Crippen LogP contribution in [0.25, 0.3) is 0 Å². The highest BCUT2D eigenvalue weighted by Crippen LogP contribution is 2.17. The van der Waals surface area contributed by atoms with E-state index in [9.17, 15) is 4.39 Å². The monoisotopic (exact) mass is 236 g/mol. The van der Waals surface area contributed by atoms with Gasteiger partial charge in [-0.15, -0.1) is 0 Å². The fourth-order valence-electron chi connectivity index (χ4n) is 2.41. The van der Waals surface area contributed by atoms with Crippen molar-refractivity contribution in [2.24, 2.45) is 0 Å². The van der Waals surface area contributed by atoms with Crippen LogP contribution in [0.15, 0.2) is 18.2 Å². The molecule has 1 aromatic rings. The van der Waals surface area contributed by atoms with Crippen LogP contribution in [-0.4, -0.2) is 18.6 Å². The second-order valence-electron chi connectivity index (χ2n) is 5.04. The van der Waals surface area contributed by atoms with Crippen molar-refractivity contribution < 1.29 is 4.39 Å². The molecule has 0 bridgehead atoms. The third-order valence-electron chi connectivity index (χ3n) is 3.39. The Balaban J connectivity index is 1.88. The number of aryl methyl sites for hydroxylation is 1. The van der Waals surface area contributed by atoms with E-state index in [1.165, 1.54) is 12.8 Å². The highest BCUT2D eigenvalue weighted by molar-refractivity contribution is 5.45. The highest BCUT2D eigenvalue weighted by atomic mass is 19.1. The third kappa shape index (κ3) is 3.43. The van der Waals surface area contributed by atoms with Gasteiger partial charge in [0.15, 0.2) is 0 Å². The summed E-state index contributed by atoms with van der Waals surface area (Å²) in [5.41, 5.74) is 1.57. The second-order valence-corrected chi connectivity index (χ2v) is 5.04.